The third-order valence-corrected chi connectivity index (χ3v) is 7.28. The first-order valence-electron chi connectivity index (χ1n) is 10.4. The van der Waals surface area contributed by atoms with Crippen molar-refractivity contribution >= 4 is 33.2 Å². The third kappa shape index (κ3) is 5.30. The molecule has 2 N–H and O–H groups in total. The number of rotatable bonds is 7. The first-order valence-corrected chi connectivity index (χ1v) is 12.2. The minimum Gasteiger partial charge on any atom is -0.380 e. The summed E-state index contributed by atoms with van der Waals surface area (Å²) in [5, 5.41) is 3.51. The van der Waals surface area contributed by atoms with Crippen LogP contribution in [0.1, 0.15) is 22.3 Å². The summed E-state index contributed by atoms with van der Waals surface area (Å²) in [6, 6.07) is 23.6. The second-order valence-electron chi connectivity index (χ2n) is 7.70. The predicted octanol–water partition coefficient (Wildman–Crippen LogP) is 4.15. The Kier molecular flexibility index (Phi) is 6.79. The van der Waals surface area contributed by atoms with Gasteiger partial charge in [-0.3, -0.25) is 4.79 Å². The highest BCUT2D eigenvalue weighted by molar-refractivity contribution is 7.89. The normalized spacial score (nSPS) is 16.2. The van der Waals surface area contributed by atoms with Crippen molar-refractivity contribution in [3.63, 3.8) is 0 Å². The Morgan fingerprint density at radius 2 is 1.69 bits per heavy atom. The number of likely N-dealkylation sites (tertiary alicyclic amines) is 1. The molecule has 0 bridgehead atoms. The molecule has 1 fully saturated rings. The molecule has 1 heterocycles. The van der Waals surface area contributed by atoms with Gasteiger partial charge in [-0.15, -0.1) is 0 Å². The fourth-order valence-electron chi connectivity index (χ4n) is 3.71. The molecule has 4 rings (SSSR count). The van der Waals surface area contributed by atoms with E-state index in [4.69, 9.17) is 11.6 Å². The fraction of sp³-hybridized carbons (Fsp3) is 0.208. The molecule has 3 aromatic rings. The standard InChI is InChI=1S/C24H24ClN3O3S/c25-22-12-11-19(15-23(22)32(30,31)26-16-18-7-3-1-4-8-18)24(29)28-14-13-21(17-28)27-20-9-5-2-6-10-20/h1-12,15,21,26-27H,13-14,16-17H2. The molecular formula is C24H24ClN3O3S. The van der Waals surface area contributed by atoms with Gasteiger partial charge in [0, 0.05) is 36.9 Å². The van der Waals surface area contributed by atoms with Gasteiger partial charge in [0.1, 0.15) is 4.90 Å². The van der Waals surface area contributed by atoms with Crippen molar-refractivity contribution in [1.29, 1.82) is 0 Å². The number of para-hydroxylation sites is 1. The van der Waals surface area contributed by atoms with Gasteiger partial charge in [-0.25, -0.2) is 13.1 Å². The molecule has 1 aliphatic heterocycles. The summed E-state index contributed by atoms with van der Waals surface area (Å²) in [4.78, 5) is 14.7. The van der Waals surface area contributed by atoms with Gasteiger partial charge in [0.05, 0.1) is 5.02 Å². The average molecular weight is 470 g/mol. The van der Waals surface area contributed by atoms with E-state index >= 15 is 0 Å². The van der Waals surface area contributed by atoms with Crippen LogP contribution in [0.25, 0.3) is 0 Å². The lowest BCUT2D eigenvalue weighted by atomic mass is 10.2. The Hall–Kier alpha value is -2.87. The van der Waals surface area contributed by atoms with Crippen molar-refractivity contribution in [3.05, 3.63) is 95.0 Å². The molecule has 3 aromatic carbocycles. The highest BCUT2D eigenvalue weighted by Gasteiger charge is 2.28. The van der Waals surface area contributed by atoms with Gasteiger partial charge in [0.2, 0.25) is 10.0 Å². The summed E-state index contributed by atoms with van der Waals surface area (Å²) >= 11 is 6.19. The maximum absolute atomic E-state index is 13.1. The van der Waals surface area contributed by atoms with Crippen LogP contribution in [0.2, 0.25) is 5.02 Å². The van der Waals surface area contributed by atoms with Gasteiger partial charge >= 0.3 is 0 Å². The van der Waals surface area contributed by atoms with Crippen molar-refractivity contribution in [2.45, 2.75) is 23.9 Å². The number of hydrogen-bond acceptors (Lipinski definition) is 4. The number of nitrogens with one attached hydrogen (secondary N) is 2. The Bertz CT molecular complexity index is 1190. The van der Waals surface area contributed by atoms with Gasteiger partial charge in [-0.2, -0.15) is 0 Å². The highest BCUT2D eigenvalue weighted by Crippen LogP contribution is 2.25. The summed E-state index contributed by atoms with van der Waals surface area (Å²) in [6.07, 6.45) is 0.817. The zero-order chi connectivity index (χ0) is 22.6. The zero-order valence-electron chi connectivity index (χ0n) is 17.4. The van der Waals surface area contributed by atoms with Crippen LogP contribution in [0.3, 0.4) is 0 Å². The van der Waals surface area contributed by atoms with Crippen molar-refractivity contribution in [2.75, 3.05) is 18.4 Å². The SMILES string of the molecule is O=C(c1ccc(Cl)c(S(=O)(=O)NCc2ccccc2)c1)N1CCC(Nc2ccccc2)C1. The summed E-state index contributed by atoms with van der Waals surface area (Å²) in [6.45, 7) is 1.28. The Labute approximate surface area is 193 Å². The molecular weight excluding hydrogens is 446 g/mol. The maximum atomic E-state index is 13.1. The number of halogens is 1. The van der Waals surface area contributed by atoms with Gasteiger partial charge in [0.15, 0.2) is 0 Å². The topological polar surface area (TPSA) is 78.5 Å². The van der Waals surface area contributed by atoms with Crippen LogP contribution in [-0.4, -0.2) is 38.4 Å². The van der Waals surface area contributed by atoms with E-state index < -0.39 is 10.0 Å². The summed E-state index contributed by atoms with van der Waals surface area (Å²) in [5.41, 5.74) is 2.14. The first kappa shape index (κ1) is 22.3. The molecule has 166 valence electrons. The van der Waals surface area contributed by atoms with E-state index in [2.05, 4.69) is 10.0 Å². The zero-order valence-corrected chi connectivity index (χ0v) is 18.9. The van der Waals surface area contributed by atoms with Gasteiger partial charge in [-0.05, 0) is 42.3 Å². The van der Waals surface area contributed by atoms with Crippen LogP contribution < -0.4 is 10.0 Å². The Morgan fingerprint density at radius 1 is 1.00 bits per heavy atom. The van der Waals surface area contributed by atoms with Crippen LogP contribution in [-0.2, 0) is 16.6 Å². The van der Waals surface area contributed by atoms with E-state index in [0.29, 0.717) is 18.7 Å². The number of anilines is 1. The molecule has 6 nitrogen and oxygen atoms in total. The average Bonchev–Trinajstić information content (AvgIpc) is 3.27. The maximum Gasteiger partial charge on any atom is 0.253 e. The Morgan fingerprint density at radius 3 is 2.41 bits per heavy atom. The number of hydrogen-bond donors (Lipinski definition) is 2. The van der Waals surface area contributed by atoms with E-state index in [1.807, 2.05) is 60.7 Å². The van der Waals surface area contributed by atoms with Crippen LogP contribution in [0.5, 0.6) is 0 Å². The minimum absolute atomic E-state index is 0.0761. The quantitative estimate of drug-likeness (QED) is 0.545. The first-order chi connectivity index (χ1) is 15.4. The number of amides is 1. The lowest BCUT2D eigenvalue weighted by Crippen LogP contribution is -2.32. The highest BCUT2D eigenvalue weighted by atomic mass is 35.5. The lowest BCUT2D eigenvalue weighted by Gasteiger charge is -2.18. The van der Waals surface area contributed by atoms with Crippen LogP contribution in [0.4, 0.5) is 5.69 Å². The van der Waals surface area contributed by atoms with E-state index in [0.717, 1.165) is 17.7 Å². The van der Waals surface area contributed by atoms with E-state index in [9.17, 15) is 13.2 Å². The van der Waals surface area contributed by atoms with Crippen molar-refractivity contribution < 1.29 is 13.2 Å². The minimum atomic E-state index is -3.89. The van der Waals surface area contributed by atoms with Crippen LogP contribution in [0.15, 0.2) is 83.8 Å². The second-order valence-corrected chi connectivity index (χ2v) is 9.85. The molecule has 8 heteroatoms. The van der Waals surface area contributed by atoms with Crippen molar-refractivity contribution in [2.24, 2.45) is 0 Å². The van der Waals surface area contributed by atoms with E-state index in [1.165, 1.54) is 12.1 Å². The largest absolute Gasteiger partial charge is 0.380 e. The van der Waals surface area contributed by atoms with E-state index in [-0.39, 0.29) is 28.4 Å². The molecule has 0 aliphatic carbocycles. The predicted molar refractivity (Wildman–Crippen MR) is 126 cm³/mol. The molecule has 32 heavy (non-hydrogen) atoms. The molecule has 0 aromatic heterocycles. The van der Waals surface area contributed by atoms with Crippen LogP contribution in [0, 0.1) is 0 Å². The molecule has 1 amide bonds. The molecule has 0 saturated carbocycles. The van der Waals surface area contributed by atoms with Crippen molar-refractivity contribution in [1.82, 2.24) is 9.62 Å². The van der Waals surface area contributed by atoms with Gasteiger partial charge in [0.25, 0.3) is 5.91 Å². The monoisotopic (exact) mass is 469 g/mol. The molecule has 1 saturated heterocycles. The second kappa shape index (κ2) is 9.73. The van der Waals surface area contributed by atoms with E-state index in [1.54, 1.807) is 11.0 Å². The van der Waals surface area contributed by atoms with Crippen LogP contribution >= 0.6 is 11.6 Å². The van der Waals surface area contributed by atoms with Gasteiger partial charge < -0.3 is 10.2 Å². The molecule has 1 unspecified atom stereocenters. The van der Waals surface area contributed by atoms with Crippen molar-refractivity contribution in [3.8, 4) is 0 Å². The third-order valence-electron chi connectivity index (χ3n) is 5.40. The number of carbonyl (C=O) groups is 1. The summed E-state index contributed by atoms with van der Waals surface area (Å²) in [7, 11) is -3.89. The number of sulfonamides is 1. The number of carbonyl (C=O) groups excluding carboxylic acids is 1. The molecule has 1 atom stereocenters. The lowest BCUT2D eigenvalue weighted by molar-refractivity contribution is 0.0791. The number of nitrogens with zero attached hydrogens (tertiary/aromatic N) is 1. The number of benzene rings is 3. The molecule has 1 aliphatic rings. The van der Waals surface area contributed by atoms with Gasteiger partial charge in [-0.1, -0.05) is 60.1 Å². The summed E-state index contributed by atoms with van der Waals surface area (Å²) in [5.74, 6) is -0.210. The Balaban J connectivity index is 1.45. The smallest absolute Gasteiger partial charge is 0.253 e. The fourth-order valence-corrected chi connectivity index (χ4v) is 5.25. The molecule has 0 radical (unpaired) electrons. The molecule has 0 spiro atoms. The summed E-state index contributed by atoms with van der Waals surface area (Å²) < 4.78 is 28.2.